The van der Waals surface area contributed by atoms with Gasteiger partial charge in [-0.05, 0) is 6.42 Å². The monoisotopic (exact) mass is 364 g/mol. The predicted octanol–water partition coefficient (Wildman–Crippen LogP) is 4.60. The van der Waals surface area contributed by atoms with Gasteiger partial charge in [-0.15, -0.1) is 0 Å². The largest absolute Gasteiger partial charge is 0.469 e. The summed E-state index contributed by atoms with van der Waals surface area (Å²) in [6, 6.07) is 0. The van der Waals surface area contributed by atoms with Gasteiger partial charge in [0.25, 0.3) is 10.1 Å². The van der Waals surface area contributed by atoms with Crippen LogP contribution in [-0.4, -0.2) is 33.9 Å². The van der Waals surface area contributed by atoms with E-state index in [4.69, 9.17) is 4.18 Å². The van der Waals surface area contributed by atoms with Crippen LogP contribution in [-0.2, 0) is 23.8 Å². The average molecular weight is 365 g/mol. The van der Waals surface area contributed by atoms with E-state index >= 15 is 0 Å². The van der Waals surface area contributed by atoms with Crippen LogP contribution in [0.15, 0.2) is 0 Å². The van der Waals surface area contributed by atoms with Crippen molar-refractivity contribution in [2.24, 2.45) is 0 Å². The second-order valence-electron chi connectivity index (χ2n) is 6.53. The Morgan fingerprint density at radius 2 is 1.33 bits per heavy atom. The molecule has 24 heavy (non-hydrogen) atoms. The molecule has 0 saturated heterocycles. The molecule has 6 heteroatoms. The number of carbonyl (C=O) groups is 1. The average Bonchev–Trinajstić information content (AvgIpc) is 2.50. The van der Waals surface area contributed by atoms with Gasteiger partial charge in [0, 0.05) is 0 Å². The van der Waals surface area contributed by atoms with E-state index in [-0.39, 0.29) is 6.42 Å². The Kier molecular flexibility index (Phi) is 14.3. The zero-order chi connectivity index (χ0) is 18.3. The fraction of sp³-hybridized carbons (Fsp3) is 0.944. The van der Waals surface area contributed by atoms with Crippen LogP contribution < -0.4 is 0 Å². The van der Waals surface area contributed by atoms with Crippen LogP contribution in [0.4, 0.5) is 0 Å². The van der Waals surface area contributed by atoms with E-state index < -0.39 is 22.2 Å². The molecule has 0 fully saturated rings. The van der Waals surface area contributed by atoms with Gasteiger partial charge in [-0.25, -0.2) is 0 Å². The Bertz CT molecular complexity index is 406. The Labute approximate surface area is 148 Å². The number of hydrogen-bond acceptors (Lipinski definition) is 5. The maximum Gasteiger partial charge on any atom is 0.308 e. The van der Waals surface area contributed by atoms with E-state index in [9.17, 15) is 13.2 Å². The van der Waals surface area contributed by atoms with Gasteiger partial charge in [-0.2, -0.15) is 8.42 Å². The van der Waals surface area contributed by atoms with Gasteiger partial charge in [0.15, 0.2) is 0 Å². The highest BCUT2D eigenvalue weighted by atomic mass is 32.2. The van der Waals surface area contributed by atoms with Crippen LogP contribution in [0.25, 0.3) is 0 Å². The lowest BCUT2D eigenvalue weighted by Crippen LogP contribution is -2.22. The second kappa shape index (κ2) is 14.7. The van der Waals surface area contributed by atoms with Crippen molar-refractivity contribution in [2.75, 3.05) is 13.4 Å². The molecule has 0 saturated carbocycles. The van der Waals surface area contributed by atoms with Gasteiger partial charge in [-0.3, -0.25) is 8.98 Å². The normalized spacial score (nSPS) is 13.0. The quantitative estimate of drug-likeness (QED) is 0.227. The van der Waals surface area contributed by atoms with Gasteiger partial charge in [0.05, 0.1) is 25.9 Å². The summed E-state index contributed by atoms with van der Waals surface area (Å²) in [6.07, 6.45) is 14.5. The van der Waals surface area contributed by atoms with Crippen LogP contribution in [0.3, 0.4) is 0 Å². The number of ether oxygens (including phenoxy) is 1. The van der Waals surface area contributed by atoms with Crippen LogP contribution in [0, 0.1) is 0 Å². The van der Waals surface area contributed by atoms with Crippen molar-refractivity contribution >= 4 is 16.1 Å². The van der Waals surface area contributed by atoms with Gasteiger partial charge in [-0.1, -0.05) is 77.6 Å². The third-order valence-corrected chi connectivity index (χ3v) is 4.68. The summed E-state index contributed by atoms with van der Waals surface area (Å²) >= 11 is 0. The molecule has 0 aromatic rings. The van der Waals surface area contributed by atoms with Crippen molar-refractivity contribution in [2.45, 2.75) is 96.5 Å². The van der Waals surface area contributed by atoms with Crippen molar-refractivity contribution in [3.8, 4) is 0 Å². The zero-order valence-electron chi connectivity index (χ0n) is 15.7. The standard InChI is InChI=1S/C18H36O5S/c1-4-5-6-7-8-9-10-11-12-13-14-15-17(16-18(19)22-2)23-24(3,20)21/h17H,4-16H2,1-3H3. The smallest absolute Gasteiger partial charge is 0.308 e. The molecular weight excluding hydrogens is 328 g/mol. The van der Waals surface area contributed by atoms with Crippen LogP contribution in [0.5, 0.6) is 0 Å². The zero-order valence-corrected chi connectivity index (χ0v) is 16.5. The fourth-order valence-corrected chi connectivity index (χ4v) is 3.40. The Balaban J connectivity index is 3.70. The van der Waals surface area contributed by atoms with Gasteiger partial charge in [0.2, 0.25) is 0 Å². The number of hydrogen-bond donors (Lipinski definition) is 0. The van der Waals surface area contributed by atoms with Crippen molar-refractivity contribution in [1.82, 2.24) is 0 Å². The topological polar surface area (TPSA) is 69.7 Å². The highest BCUT2D eigenvalue weighted by Gasteiger charge is 2.19. The van der Waals surface area contributed by atoms with Crippen LogP contribution in [0.2, 0.25) is 0 Å². The number of carbonyl (C=O) groups excluding carboxylic acids is 1. The lowest BCUT2D eigenvalue weighted by molar-refractivity contribution is -0.142. The summed E-state index contributed by atoms with van der Waals surface area (Å²) in [7, 11) is -2.26. The number of methoxy groups -OCH3 is 1. The Morgan fingerprint density at radius 1 is 0.875 bits per heavy atom. The van der Waals surface area contributed by atoms with E-state index in [1.807, 2.05) is 0 Å². The molecule has 0 aromatic carbocycles. The summed E-state index contributed by atoms with van der Waals surface area (Å²) in [5.41, 5.74) is 0. The lowest BCUT2D eigenvalue weighted by atomic mass is 10.0. The third kappa shape index (κ3) is 16.2. The predicted molar refractivity (Wildman–Crippen MR) is 97.4 cm³/mol. The first kappa shape index (κ1) is 23.4. The summed E-state index contributed by atoms with van der Waals surface area (Å²) in [5, 5.41) is 0. The first-order chi connectivity index (χ1) is 11.4. The van der Waals surface area contributed by atoms with Crippen molar-refractivity contribution in [1.29, 1.82) is 0 Å². The molecule has 1 atom stereocenters. The molecule has 0 bridgehead atoms. The fourth-order valence-electron chi connectivity index (χ4n) is 2.74. The molecule has 0 aliphatic carbocycles. The summed E-state index contributed by atoms with van der Waals surface area (Å²) in [5.74, 6) is -0.438. The highest BCUT2D eigenvalue weighted by molar-refractivity contribution is 7.86. The molecule has 0 aliphatic heterocycles. The second-order valence-corrected chi connectivity index (χ2v) is 8.13. The van der Waals surface area contributed by atoms with Crippen molar-refractivity contribution in [3.63, 3.8) is 0 Å². The minimum atomic E-state index is -3.55. The number of unbranched alkanes of at least 4 members (excludes halogenated alkanes) is 10. The first-order valence-corrected chi connectivity index (χ1v) is 11.2. The third-order valence-electron chi connectivity index (χ3n) is 4.06. The number of rotatable bonds is 16. The van der Waals surface area contributed by atoms with Crippen molar-refractivity contribution in [3.05, 3.63) is 0 Å². The van der Waals surface area contributed by atoms with Gasteiger partial charge < -0.3 is 4.74 Å². The van der Waals surface area contributed by atoms with E-state index in [1.54, 1.807) is 0 Å². The molecule has 0 N–H and O–H groups in total. The van der Waals surface area contributed by atoms with E-state index in [0.29, 0.717) is 6.42 Å². The molecule has 0 spiro atoms. The molecule has 0 heterocycles. The van der Waals surface area contributed by atoms with Gasteiger partial charge in [0.1, 0.15) is 0 Å². The summed E-state index contributed by atoms with van der Waals surface area (Å²) in [4.78, 5) is 11.3. The highest BCUT2D eigenvalue weighted by Crippen LogP contribution is 2.16. The molecule has 144 valence electrons. The van der Waals surface area contributed by atoms with Crippen LogP contribution in [0.1, 0.15) is 90.4 Å². The number of esters is 1. The molecule has 0 rings (SSSR count). The SMILES string of the molecule is CCCCCCCCCCCCCC(CC(=O)OC)OS(C)(=O)=O. The lowest BCUT2D eigenvalue weighted by Gasteiger charge is -2.14. The maximum atomic E-state index is 11.3. The van der Waals surface area contributed by atoms with E-state index in [2.05, 4.69) is 11.7 Å². The Morgan fingerprint density at radius 3 is 1.75 bits per heavy atom. The molecule has 0 aromatic heterocycles. The molecule has 1 unspecified atom stereocenters. The minimum Gasteiger partial charge on any atom is -0.469 e. The summed E-state index contributed by atoms with van der Waals surface area (Å²) in [6.45, 7) is 2.23. The Hall–Kier alpha value is -0.620. The molecular formula is C18H36O5S. The molecule has 0 radical (unpaired) electrons. The molecule has 0 aliphatic rings. The minimum absolute atomic E-state index is 0.0126. The van der Waals surface area contributed by atoms with Gasteiger partial charge >= 0.3 is 5.97 Å². The van der Waals surface area contributed by atoms with Crippen LogP contribution >= 0.6 is 0 Å². The molecule has 5 nitrogen and oxygen atoms in total. The summed E-state index contributed by atoms with van der Waals surface area (Å²) < 4.78 is 32.0. The van der Waals surface area contributed by atoms with E-state index in [1.165, 1.54) is 58.5 Å². The van der Waals surface area contributed by atoms with Crippen molar-refractivity contribution < 1.29 is 22.1 Å². The van der Waals surface area contributed by atoms with E-state index in [0.717, 1.165) is 25.5 Å². The molecule has 0 amide bonds. The maximum absolute atomic E-state index is 11.3. The first-order valence-electron chi connectivity index (χ1n) is 9.34.